The second kappa shape index (κ2) is 10.0. The summed E-state index contributed by atoms with van der Waals surface area (Å²) in [6.45, 7) is 5.62. The van der Waals surface area contributed by atoms with Crippen LogP contribution in [0.5, 0.6) is 0 Å². The van der Waals surface area contributed by atoms with Crippen LogP contribution in [0.4, 0.5) is 5.69 Å². The molecule has 0 aliphatic rings. The molecule has 0 atom stereocenters. The maximum Gasteiger partial charge on any atom is 0.251 e. The minimum absolute atomic E-state index is 0.114. The van der Waals surface area contributed by atoms with E-state index in [4.69, 9.17) is 5.73 Å². The van der Waals surface area contributed by atoms with E-state index in [2.05, 4.69) is 15.3 Å². The number of primary amides is 1. The maximum absolute atomic E-state index is 12.5. The quantitative estimate of drug-likeness (QED) is 0.539. The molecule has 0 fully saturated rings. The van der Waals surface area contributed by atoms with E-state index >= 15 is 0 Å². The molecule has 3 aromatic rings. The summed E-state index contributed by atoms with van der Waals surface area (Å²) in [5.74, 6) is -0.615. The van der Waals surface area contributed by atoms with Crippen molar-refractivity contribution in [3.8, 4) is 0 Å². The number of aryl methyl sites for hydroxylation is 1. The van der Waals surface area contributed by atoms with Crippen LogP contribution in [0.15, 0.2) is 53.7 Å². The predicted molar refractivity (Wildman–Crippen MR) is 126 cm³/mol. The molecule has 1 aromatic carbocycles. The molecule has 0 spiro atoms. The Morgan fingerprint density at radius 2 is 1.87 bits per heavy atom. The zero-order chi connectivity index (χ0) is 22.4. The summed E-state index contributed by atoms with van der Waals surface area (Å²) in [5, 5.41) is 3.37. The highest BCUT2D eigenvalue weighted by Gasteiger charge is 2.18. The van der Waals surface area contributed by atoms with Crippen molar-refractivity contribution in [2.45, 2.75) is 25.8 Å². The van der Waals surface area contributed by atoms with E-state index in [1.54, 1.807) is 6.20 Å². The molecular formula is C24H24N4O2S. The minimum atomic E-state index is -0.539. The van der Waals surface area contributed by atoms with Gasteiger partial charge in [-0.25, -0.2) is 4.98 Å². The number of nitrogens with one attached hydrogen (secondary N) is 1. The normalized spacial score (nSPS) is 10.9. The highest BCUT2D eigenvalue weighted by atomic mass is 32.2. The Morgan fingerprint density at radius 1 is 1.06 bits per heavy atom. The molecule has 0 saturated carbocycles. The smallest absolute Gasteiger partial charge is 0.251 e. The number of aromatic nitrogens is 2. The highest BCUT2D eigenvalue weighted by Crippen LogP contribution is 2.27. The van der Waals surface area contributed by atoms with Crippen LogP contribution < -0.4 is 11.1 Å². The third-order valence-electron chi connectivity index (χ3n) is 4.85. The van der Waals surface area contributed by atoms with Gasteiger partial charge >= 0.3 is 0 Å². The summed E-state index contributed by atoms with van der Waals surface area (Å²) < 4.78 is 0. The molecule has 0 saturated heterocycles. The average Bonchev–Trinajstić information content (AvgIpc) is 2.75. The lowest BCUT2D eigenvalue weighted by Crippen LogP contribution is -2.18. The van der Waals surface area contributed by atoms with Gasteiger partial charge in [0.15, 0.2) is 0 Å². The third-order valence-corrected chi connectivity index (χ3v) is 5.83. The van der Waals surface area contributed by atoms with E-state index in [0.29, 0.717) is 16.3 Å². The summed E-state index contributed by atoms with van der Waals surface area (Å²) in [5.41, 5.74) is 11.0. The van der Waals surface area contributed by atoms with E-state index in [-0.39, 0.29) is 11.7 Å². The van der Waals surface area contributed by atoms with Crippen LogP contribution in [-0.2, 0) is 4.79 Å². The van der Waals surface area contributed by atoms with Gasteiger partial charge in [0.25, 0.3) is 5.91 Å². The van der Waals surface area contributed by atoms with Crippen LogP contribution in [-0.4, -0.2) is 27.5 Å². The number of hydrogen-bond donors (Lipinski definition) is 2. The average molecular weight is 433 g/mol. The van der Waals surface area contributed by atoms with Gasteiger partial charge < -0.3 is 11.1 Å². The fourth-order valence-corrected chi connectivity index (χ4v) is 3.95. The van der Waals surface area contributed by atoms with Crippen LogP contribution in [0.1, 0.15) is 38.4 Å². The van der Waals surface area contributed by atoms with Crippen molar-refractivity contribution in [1.82, 2.24) is 9.97 Å². The summed E-state index contributed by atoms with van der Waals surface area (Å²) in [6, 6.07) is 13.2. The first kappa shape index (κ1) is 22.2. The summed E-state index contributed by atoms with van der Waals surface area (Å²) >= 11 is 1.21. The van der Waals surface area contributed by atoms with Crippen LogP contribution >= 0.6 is 11.8 Å². The minimum Gasteiger partial charge on any atom is -0.366 e. The van der Waals surface area contributed by atoms with Crippen molar-refractivity contribution in [1.29, 1.82) is 0 Å². The number of amides is 2. The molecule has 3 rings (SSSR count). The van der Waals surface area contributed by atoms with Crippen LogP contribution in [0.3, 0.4) is 0 Å². The Hall–Kier alpha value is -3.45. The van der Waals surface area contributed by atoms with E-state index in [9.17, 15) is 9.59 Å². The van der Waals surface area contributed by atoms with Crippen molar-refractivity contribution < 1.29 is 9.59 Å². The standard InChI is InChI=1S/C24H24N4O2S/c1-15-16(2)22(23(25)30)24(27-17(15)3)31-14-21(29)28-20-9-6-7-18(13-20)10-11-19-8-4-5-12-26-19/h4-13H,14H2,1-3H3,(H2,25,30)(H,28,29)/b11-10+. The summed E-state index contributed by atoms with van der Waals surface area (Å²) in [7, 11) is 0. The number of anilines is 1. The second-order valence-electron chi connectivity index (χ2n) is 7.04. The Kier molecular flexibility index (Phi) is 7.20. The topological polar surface area (TPSA) is 98.0 Å². The van der Waals surface area contributed by atoms with Gasteiger partial charge in [-0.05, 0) is 67.8 Å². The Balaban J connectivity index is 1.67. The molecule has 158 valence electrons. The first-order valence-electron chi connectivity index (χ1n) is 9.74. The van der Waals surface area contributed by atoms with E-state index in [0.717, 1.165) is 28.1 Å². The first-order valence-corrected chi connectivity index (χ1v) is 10.7. The number of carbonyl (C=O) groups excluding carboxylic acids is 2. The van der Waals surface area contributed by atoms with Crippen LogP contribution in [0.25, 0.3) is 12.2 Å². The zero-order valence-electron chi connectivity index (χ0n) is 17.7. The lowest BCUT2D eigenvalue weighted by Gasteiger charge is -2.13. The molecule has 0 bridgehead atoms. The van der Waals surface area contributed by atoms with Gasteiger partial charge in [-0.3, -0.25) is 14.6 Å². The van der Waals surface area contributed by atoms with E-state index in [1.807, 2.05) is 75.4 Å². The van der Waals surface area contributed by atoms with Gasteiger partial charge in [0, 0.05) is 17.6 Å². The van der Waals surface area contributed by atoms with Gasteiger partial charge in [0.05, 0.1) is 17.0 Å². The molecule has 0 aliphatic heterocycles. The molecule has 0 unspecified atom stereocenters. The summed E-state index contributed by atoms with van der Waals surface area (Å²) in [6.07, 6.45) is 5.59. The molecule has 2 amide bonds. The Bertz CT molecular complexity index is 1140. The SMILES string of the molecule is Cc1nc(SCC(=O)Nc2cccc(/C=C/c3ccccn3)c2)c(C(N)=O)c(C)c1C. The van der Waals surface area contributed by atoms with Crippen molar-refractivity contribution in [2.24, 2.45) is 5.73 Å². The fourth-order valence-electron chi connectivity index (χ4n) is 3.01. The monoisotopic (exact) mass is 432 g/mol. The van der Waals surface area contributed by atoms with Crippen molar-refractivity contribution in [3.05, 3.63) is 82.3 Å². The maximum atomic E-state index is 12.5. The summed E-state index contributed by atoms with van der Waals surface area (Å²) in [4.78, 5) is 33.1. The molecule has 7 heteroatoms. The number of carbonyl (C=O) groups is 2. The van der Waals surface area contributed by atoms with Gasteiger partial charge in [-0.2, -0.15) is 0 Å². The number of rotatable bonds is 7. The second-order valence-corrected chi connectivity index (χ2v) is 8.01. The lowest BCUT2D eigenvalue weighted by molar-refractivity contribution is -0.113. The number of hydrogen-bond acceptors (Lipinski definition) is 5. The molecular weight excluding hydrogens is 408 g/mol. The van der Waals surface area contributed by atoms with Crippen LogP contribution in [0.2, 0.25) is 0 Å². The molecule has 2 aromatic heterocycles. The Labute approximate surface area is 186 Å². The number of nitrogens with zero attached hydrogens (tertiary/aromatic N) is 2. The molecule has 0 radical (unpaired) electrons. The van der Waals surface area contributed by atoms with Crippen molar-refractivity contribution in [3.63, 3.8) is 0 Å². The largest absolute Gasteiger partial charge is 0.366 e. The molecule has 0 aliphatic carbocycles. The molecule has 3 N–H and O–H groups in total. The number of nitrogens with two attached hydrogens (primary N) is 1. The van der Waals surface area contributed by atoms with E-state index < -0.39 is 5.91 Å². The van der Waals surface area contributed by atoms with Gasteiger partial charge in [-0.1, -0.05) is 36.0 Å². The molecule has 6 nitrogen and oxygen atoms in total. The first-order chi connectivity index (χ1) is 14.8. The lowest BCUT2D eigenvalue weighted by atomic mass is 10.0. The number of pyridine rings is 2. The molecule has 31 heavy (non-hydrogen) atoms. The van der Waals surface area contributed by atoms with Gasteiger partial charge in [0.1, 0.15) is 5.03 Å². The molecule has 2 heterocycles. The van der Waals surface area contributed by atoms with Gasteiger partial charge in [-0.15, -0.1) is 0 Å². The predicted octanol–water partition coefficient (Wildman–Crippen LogP) is 4.40. The zero-order valence-corrected chi connectivity index (χ0v) is 18.5. The Morgan fingerprint density at radius 3 is 2.58 bits per heavy atom. The van der Waals surface area contributed by atoms with Crippen molar-refractivity contribution >= 4 is 41.4 Å². The number of benzene rings is 1. The number of thioether (sulfide) groups is 1. The van der Waals surface area contributed by atoms with Crippen LogP contribution in [0, 0.1) is 20.8 Å². The highest BCUT2D eigenvalue weighted by molar-refractivity contribution is 8.00. The fraction of sp³-hybridized carbons (Fsp3) is 0.167. The third kappa shape index (κ3) is 5.79. The van der Waals surface area contributed by atoms with Crippen molar-refractivity contribution in [2.75, 3.05) is 11.1 Å². The van der Waals surface area contributed by atoms with Gasteiger partial charge in [0.2, 0.25) is 5.91 Å². The van der Waals surface area contributed by atoms with E-state index in [1.165, 1.54) is 11.8 Å².